The Kier molecular flexibility index (Phi) is 12.6. The Balaban J connectivity index is 0.00000533. The highest BCUT2D eigenvalue weighted by Crippen LogP contribution is 2.15. The van der Waals surface area contributed by atoms with Gasteiger partial charge in [-0.3, -0.25) is 35.9 Å². The predicted molar refractivity (Wildman–Crippen MR) is 143 cm³/mol. The third-order valence-electron chi connectivity index (χ3n) is 5.68. The molecule has 1 aliphatic rings. The number of hydrogen-bond acceptors (Lipinski definition) is 10. The summed E-state index contributed by atoms with van der Waals surface area (Å²) >= 11 is 0. The summed E-state index contributed by atoms with van der Waals surface area (Å²) < 4.78 is 10.3. The largest absolute Gasteiger partial charge is 0.444 e. The highest BCUT2D eigenvalue weighted by Gasteiger charge is 2.15. The molecule has 2 aromatic rings. The van der Waals surface area contributed by atoms with Crippen LogP contribution in [0.2, 0.25) is 0 Å². The lowest BCUT2D eigenvalue weighted by atomic mass is 10.0. The van der Waals surface area contributed by atoms with Gasteiger partial charge in [-0.25, -0.2) is 9.59 Å². The van der Waals surface area contributed by atoms with Crippen molar-refractivity contribution in [2.75, 3.05) is 19.6 Å². The van der Waals surface area contributed by atoms with E-state index in [4.69, 9.17) is 9.47 Å². The van der Waals surface area contributed by atoms with Gasteiger partial charge in [0.1, 0.15) is 13.2 Å². The van der Waals surface area contributed by atoms with E-state index < -0.39 is 22.0 Å². The van der Waals surface area contributed by atoms with Crippen molar-refractivity contribution in [1.82, 2.24) is 16.0 Å². The smallest absolute Gasteiger partial charge is 0.414 e. The van der Waals surface area contributed by atoms with Crippen LogP contribution in [-0.2, 0) is 22.7 Å². The second-order valence-corrected chi connectivity index (χ2v) is 8.48. The van der Waals surface area contributed by atoms with Gasteiger partial charge in [0.15, 0.2) is 0 Å². The molecule has 3 N–H and O–H groups in total. The lowest BCUT2D eigenvalue weighted by molar-refractivity contribution is -0.385. The highest BCUT2D eigenvalue weighted by molar-refractivity contribution is 6.01. The molecule has 2 amide bonds. The number of halogens is 1. The van der Waals surface area contributed by atoms with Crippen molar-refractivity contribution in [1.29, 1.82) is 0 Å². The van der Waals surface area contributed by atoms with Gasteiger partial charge in [0.25, 0.3) is 11.4 Å². The molecule has 1 saturated heterocycles. The van der Waals surface area contributed by atoms with Crippen LogP contribution < -0.4 is 16.0 Å². The number of amides is 2. The molecule has 0 spiro atoms. The minimum absolute atomic E-state index is 0. The maximum Gasteiger partial charge on any atom is 0.414 e. The van der Waals surface area contributed by atoms with Gasteiger partial charge in [-0.15, -0.1) is 12.4 Å². The molecular formula is C24H29ClN6O8. The molecular weight excluding hydrogens is 536 g/mol. The summed E-state index contributed by atoms with van der Waals surface area (Å²) in [5, 5.41) is 29.6. The number of non-ortho nitro benzene ring substituents is 2. The molecule has 0 radical (unpaired) electrons. The fourth-order valence-electron chi connectivity index (χ4n) is 3.63. The van der Waals surface area contributed by atoms with Crippen LogP contribution in [0.1, 0.15) is 30.4 Å². The molecule has 0 aliphatic carbocycles. The molecule has 1 atom stereocenters. The summed E-state index contributed by atoms with van der Waals surface area (Å²) in [6, 6.07) is 11.0. The normalized spacial score (nSPS) is 13.9. The minimum Gasteiger partial charge on any atom is -0.444 e. The molecule has 0 saturated carbocycles. The summed E-state index contributed by atoms with van der Waals surface area (Å²) in [6.07, 6.45) is 1.00. The Morgan fingerprint density at radius 1 is 0.897 bits per heavy atom. The third-order valence-corrected chi connectivity index (χ3v) is 5.68. The number of nitrogens with zero attached hydrogens (tertiary/aromatic N) is 3. The number of carbonyl (C=O) groups is 2. The number of guanidine groups is 1. The van der Waals surface area contributed by atoms with E-state index in [9.17, 15) is 29.8 Å². The predicted octanol–water partition coefficient (Wildman–Crippen LogP) is 3.82. The second-order valence-electron chi connectivity index (χ2n) is 8.48. The summed E-state index contributed by atoms with van der Waals surface area (Å²) in [5.74, 6) is 0.407. The van der Waals surface area contributed by atoms with E-state index in [-0.39, 0.29) is 43.0 Å². The van der Waals surface area contributed by atoms with Crippen molar-refractivity contribution in [3.63, 3.8) is 0 Å². The number of aliphatic imine (C=N–C) groups is 1. The third kappa shape index (κ3) is 10.9. The van der Waals surface area contributed by atoms with Gasteiger partial charge in [0.05, 0.1) is 9.85 Å². The molecule has 3 rings (SSSR count). The topological polar surface area (TPSA) is 187 Å². The summed E-state index contributed by atoms with van der Waals surface area (Å²) in [7, 11) is 0. The second kappa shape index (κ2) is 15.8. The van der Waals surface area contributed by atoms with Crippen molar-refractivity contribution < 1.29 is 28.9 Å². The molecule has 0 aromatic heterocycles. The van der Waals surface area contributed by atoms with E-state index in [0.717, 1.165) is 32.4 Å². The summed E-state index contributed by atoms with van der Waals surface area (Å²) in [4.78, 5) is 49.3. The van der Waals surface area contributed by atoms with E-state index in [1.165, 1.54) is 48.5 Å². The zero-order valence-corrected chi connectivity index (χ0v) is 21.7. The van der Waals surface area contributed by atoms with Crippen molar-refractivity contribution >= 4 is 41.9 Å². The Morgan fingerprint density at radius 3 is 1.79 bits per heavy atom. The van der Waals surface area contributed by atoms with Crippen LogP contribution in [0.25, 0.3) is 0 Å². The van der Waals surface area contributed by atoms with Crippen molar-refractivity contribution in [3.05, 3.63) is 79.9 Å². The molecule has 1 aliphatic heterocycles. The fourth-order valence-corrected chi connectivity index (χ4v) is 3.63. The Bertz CT molecular complexity index is 1080. The lowest BCUT2D eigenvalue weighted by Crippen LogP contribution is -2.44. The van der Waals surface area contributed by atoms with Crippen molar-refractivity contribution in [2.24, 2.45) is 10.9 Å². The number of nitro benzene ring substituents is 2. The van der Waals surface area contributed by atoms with Gasteiger partial charge in [0.2, 0.25) is 5.96 Å². The molecule has 0 unspecified atom stereocenters. The molecule has 14 nitrogen and oxygen atoms in total. The number of rotatable bonds is 10. The van der Waals surface area contributed by atoms with Gasteiger partial charge in [-0.1, -0.05) is 0 Å². The minimum atomic E-state index is -0.891. The van der Waals surface area contributed by atoms with Gasteiger partial charge >= 0.3 is 12.2 Å². The number of nitrogens with one attached hydrogen (secondary N) is 3. The van der Waals surface area contributed by atoms with Crippen LogP contribution in [0, 0.1) is 26.1 Å². The van der Waals surface area contributed by atoms with Crippen molar-refractivity contribution in [2.45, 2.75) is 32.5 Å². The maximum absolute atomic E-state index is 12.3. The first kappa shape index (κ1) is 30.9. The molecule has 1 fully saturated rings. The quantitative estimate of drug-likeness (QED) is 0.127. The van der Waals surface area contributed by atoms with E-state index in [0.29, 0.717) is 23.6 Å². The Morgan fingerprint density at radius 2 is 1.38 bits per heavy atom. The monoisotopic (exact) mass is 564 g/mol. The van der Waals surface area contributed by atoms with E-state index in [1.807, 2.05) is 0 Å². The van der Waals surface area contributed by atoms with E-state index in [1.54, 1.807) is 0 Å². The molecule has 210 valence electrons. The zero-order valence-electron chi connectivity index (χ0n) is 20.9. The van der Waals surface area contributed by atoms with E-state index >= 15 is 0 Å². The van der Waals surface area contributed by atoms with Crippen LogP contribution >= 0.6 is 12.4 Å². The van der Waals surface area contributed by atoms with Crippen LogP contribution in [0.5, 0.6) is 0 Å². The first-order valence-corrected chi connectivity index (χ1v) is 11.9. The molecule has 1 heterocycles. The number of nitro groups is 2. The fraction of sp³-hybridized carbons (Fsp3) is 0.375. The summed E-state index contributed by atoms with van der Waals surface area (Å²) in [5.41, 5.74) is 0.893. The van der Waals surface area contributed by atoms with E-state index in [2.05, 4.69) is 20.9 Å². The SMILES string of the molecule is Cl.O=C(NC(=NCCC[C@H]1CCNC1)NC(=O)OCc1ccc([N+](=O)[O-])cc1)OCc1ccc([N+](=O)[O-])cc1. The van der Waals surface area contributed by atoms with Crippen LogP contribution in [-0.4, -0.2) is 47.6 Å². The Hall–Kier alpha value is -4.30. The van der Waals surface area contributed by atoms with Crippen molar-refractivity contribution in [3.8, 4) is 0 Å². The molecule has 39 heavy (non-hydrogen) atoms. The number of ether oxygens (including phenoxy) is 2. The van der Waals surface area contributed by atoms with Gasteiger partial charge in [0, 0.05) is 30.8 Å². The molecule has 0 bridgehead atoms. The van der Waals surface area contributed by atoms with Gasteiger partial charge < -0.3 is 14.8 Å². The average Bonchev–Trinajstić information content (AvgIpc) is 3.43. The van der Waals surface area contributed by atoms with Crippen LogP contribution in [0.4, 0.5) is 21.0 Å². The first-order chi connectivity index (χ1) is 18.3. The average molecular weight is 565 g/mol. The highest BCUT2D eigenvalue weighted by atomic mass is 35.5. The Labute approximate surface area is 229 Å². The number of alkyl carbamates (subject to hydrolysis) is 2. The zero-order chi connectivity index (χ0) is 27.3. The number of hydrogen-bond donors (Lipinski definition) is 3. The van der Waals surface area contributed by atoms with Crippen LogP contribution in [0.3, 0.4) is 0 Å². The maximum atomic E-state index is 12.3. The first-order valence-electron chi connectivity index (χ1n) is 11.9. The molecule has 15 heteroatoms. The summed E-state index contributed by atoms with van der Waals surface area (Å²) in [6.45, 7) is 1.98. The number of benzene rings is 2. The lowest BCUT2D eigenvalue weighted by Gasteiger charge is -2.12. The van der Waals surface area contributed by atoms with Gasteiger partial charge in [-0.2, -0.15) is 0 Å². The van der Waals surface area contributed by atoms with Crippen LogP contribution in [0.15, 0.2) is 53.5 Å². The molecule has 2 aromatic carbocycles. The standard InChI is InChI=1S/C24H28N6O8.ClH/c31-23(37-15-18-3-7-20(8-4-18)29(33)34)27-22(26-12-1-2-17-11-13-25-14-17)28-24(32)38-16-19-5-9-21(10-6-19)30(35)36;/h3-10,17,25H,1-2,11-16H2,(H2,26,27,28,31,32);1H/t17-;/m0./s1. The number of carbonyl (C=O) groups excluding carboxylic acids is 2. The van der Waals surface area contributed by atoms with Gasteiger partial charge in [-0.05, 0) is 73.7 Å².